The van der Waals surface area contributed by atoms with Crippen LogP contribution < -0.4 is 10.9 Å². The quantitative estimate of drug-likeness (QED) is 0.735. The largest absolute Gasteiger partial charge is 0.467 e. The number of nitrogens with zero attached hydrogens (tertiary/aromatic N) is 1. The second-order valence-corrected chi connectivity index (χ2v) is 9.05. The number of aryl methyl sites for hydroxylation is 1. The van der Waals surface area contributed by atoms with Gasteiger partial charge in [-0.1, -0.05) is 47.0 Å². The number of unbranched alkanes of at least 4 members (excludes halogenated alkanes) is 1. The average Bonchev–Trinajstić information content (AvgIpc) is 2.64. The van der Waals surface area contributed by atoms with E-state index in [-0.39, 0.29) is 11.1 Å². The minimum absolute atomic E-state index is 0.124. The van der Waals surface area contributed by atoms with E-state index in [4.69, 9.17) is 4.74 Å². The van der Waals surface area contributed by atoms with Crippen LogP contribution in [0, 0.1) is 5.41 Å². The number of nitrogens with one attached hydrogen (secondary N) is 1. The number of hydrogen-bond donors (Lipinski definition) is 1. The number of rotatable bonds is 6. The lowest BCUT2D eigenvalue weighted by Gasteiger charge is -2.29. The predicted octanol–water partition coefficient (Wildman–Crippen LogP) is 3.62. The zero-order valence-electron chi connectivity index (χ0n) is 18.6. The summed E-state index contributed by atoms with van der Waals surface area (Å²) in [5.41, 5.74) is 1.51. The number of carbonyl (C=O) groups excluding carboxylic acids is 2. The maximum atomic E-state index is 13.2. The van der Waals surface area contributed by atoms with Gasteiger partial charge in [0.25, 0.3) is 11.5 Å². The molecule has 1 aromatic rings. The van der Waals surface area contributed by atoms with E-state index in [2.05, 4.69) is 12.2 Å². The molecule has 0 spiro atoms. The predicted molar refractivity (Wildman–Crippen MR) is 114 cm³/mol. The Morgan fingerprint density at radius 1 is 1.17 bits per heavy atom. The van der Waals surface area contributed by atoms with Crippen molar-refractivity contribution >= 4 is 11.9 Å². The second-order valence-electron chi connectivity index (χ2n) is 9.05. The number of pyridine rings is 1. The summed E-state index contributed by atoms with van der Waals surface area (Å²) in [7, 11) is 1.30. The van der Waals surface area contributed by atoms with Gasteiger partial charge in [-0.05, 0) is 49.1 Å². The molecular weight excluding hydrogens is 368 g/mol. The molecule has 0 aliphatic heterocycles. The van der Waals surface area contributed by atoms with Gasteiger partial charge in [0.1, 0.15) is 11.6 Å². The Bertz CT molecular complexity index is 789. The Morgan fingerprint density at radius 2 is 1.83 bits per heavy atom. The highest BCUT2D eigenvalue weighted by molar-refractivity contribution is 5.96. The van der Waals surface area contributed by atoms with Crippen molar-refractivity contribution < 1.29 is 14.3 Å². The van der Waals surface area contributed by atoms with Crippen LogP contribution in [0.5, 0.6) is 0 Å². The Kier molecular flexibility index (Phi) is 8.05. The number of carbonyl (C=O) groups is 2. The van der Waals surface area contributed by atoms with Gasteiger partial charge in [0.2, 0.25) is 0 Å². The molecule has 1 heterocycles. The first kappa shape index (κ1) is 23.2. The lowest BCUT2D eigenvalue weighted by molar-refractivity contribution is -0.145. The van der Waals surface area contributed by atoms with E-state index in [1.54, 1.807) is 6.07 Å². The molecule has 162 valence electrons. The lowest BCUT2D eigenvalue weighted by atomic mass is 9.86. The van der Waals surface area contributed by atoms with Gasteiger partial charge in [-0.15, -0.1) is 0 Å². The second kappa shape index (κ2) is 10.1. The number of fused-ring (bicyclic) bond motifs is 1. The molecule has 1 aliphatic rings. The summed E-state index contributed by atoms with van der Waals surface area (Å²) in [6.07, 6.45) is 8.10. The molecule has 0 radical (unpaired) electrons. The lowest BCUT2D eigenvalue weighted by Crippen LogP contribution is -2.51. The molecule has 29 heavy (non-hydrogen) atoms. The van der Waals surface area contributed by atoms with E-state index in [0.717, 1.165) is 49.8 Å². The summed E-state index contributed by atoms with van der Waals surface area (Å²) in [4.78, 5) is 38.5. The van der Waals surface area contributed by atoms with Crippen LogP contribution in [0.15, 0.2) is 10.9 Å². The molecule has 2 rings (SSSR count). The van der Waals surface area contributed by atoms with E-state index in [1.807, 2.05) is 25.3 Å². The van der Waals surface area contributed by atoms with Crippen LogP contribution in [0.2, 0.25) is 0 Å². The summed E-state index contributed by atoms with van der Waals surface area (Å²) < 4.78 is 6.68. The molecule has 0 unspecified atom stereocenters. The third-order valence-electron chi connectivity index (χ3n) is 5.66. The van der Waals surface area contributed by atoms with Gasteiger partial charge >= 0.3 is 5.97 Å². The van der Waals surface area contributed by atoms with Crippen LogP contribution in [-0.2, 0) is 28.9 Å². The van der Waals surface area contributed by atoms with Gasteiger partial charge in [0.05, 0.1) is 7.11 Å². The smallest absolute Gasteiger partial charge is 0.328 e. The van der Waals surface area contributed by atoms with E-state index in [1.165, 1.54) is 20.0 Å². The first-order valence-electron chi connectivity index (χ1n) is 10.8. The van der Waals surface area contributed by atoms with Crippen molar-refractivity contribution in [2.24, 2.45) is 5.41 Å². The van der Waals surface area contributed by atoms with Crippen LogP contribution in [0.1, 0.15) is 87.8 Å². The molecule has 0 fully saturated rings. The zero-order chi connectivity index (χ0) is 21.6. The van der Waals surface area contributed by atoms with Gasteiger partial charge in [-0.25, -0.2) is 4.79 Å². The third-order valence-corrected chi connectivity index (χ3v) is 5.66. The Balaban J connectivity index is 2.47. The molecule has 0 saturated heterocycles. The summed E-state index contributed by atoms with van der Waals surface area (Å²) in [5.74, 6) is -1.01. The number of aromatic nitrogens is 1. The van der Waals surface area contributed by atoms with Crippen molar-refractivity contribution in [1.29, 1.82) is 0 Å². The van der Waals surface area contributed by atoms with Crippen LogP contribution >= 0.6 is 0 Å². The van der Waals surface area contributed by atoms with Crippen molar-refractivity contribution in [3.63, 3.8) is 0 Å². The Labute approximate surface area is 174 Å². The molecule has 1 aromatic heterocycles. The fraction of sp³-hybridized carbons (Fsp3) is 0.696. The highest BCUT2D eigenvalue weighted by Gasteiger charge is 2.34. The molecule has 1 N–H and O–H groups in total. The SMILES string of the molecule is CCCCn1c2c(cc(C(=O)N[C@H](C(=O)OC)C(C)(C)C)c1=O)CCCCCC2. The van der Waals surface area contributed by atoms with Crippen LogP contribution in [0.4, 0.5) is 0 Å². The van der Waals surface area contributed by atoms with E-state index in [0.29, 0.717) is 6.54 Å². The van der Waals surface area contributed by atoms with Gasteiger partial charge in [-0.3, -0.25) is 9.59 Å². The molecule has 1 amide bonds. The Hall–Kier alpha value is -2.11. The fourth-order valence-electron chi connectivity index (χ4n) is 3.91. The van der Waals surface area contributed by atoms with Gasteiger partial charge in [0, 0.05) is 12.2 Å². The maximum absolute atomic E-state index is 13.2. The topological polar surface area (TPSA) is 77.4 Å². The number of ether oxygens (including phenoxy) is 1. The third kappa shape index (κ3) is 5.71. The van der Waals surface area contributed by atoms with Crippen LogP contribution in [-0.4, -0.2) is 29.6 Å². The minimum Gasteiger partial charge on any atom is -0.467 e. The summed E-state index contributed by atoms with van der Waals surface area (Å²) in [5, 5.41) is 2.76. The Morgan fingerprint density at radius 3 is 2.41 bits per heavy atom. The zero-order valence-corrected chi connectivity index (χ0v) is 18.6. The van der Waals surface area contributed by atoms with Gasteiger partial charge < -0.3 is 14.6 Å². The number of hydrogen-bond acceptors (Lipinski definition) is 4. The molecule has 1 atom stereocenters. The first-order chi connectivity index (χ1) is 13.7. The minimum atomic E-state index is -0.828. The highest BCUT2D eigenvalue weighted by Crippen LogP contribution is 2.23. The summed E-state index contributed by atoms with van der Waals surface area (Å²) >= 11 is 0. The van der Waals surface area contributed by atoms with Gasteiger partial charge in [0.15, 0.2) is 0 Å². The number of methoxy groups -OCH3 is 1. The summed E-state index contributed by atoms with van der Waals surface area (Å²) in [6.45, 7) is 8.28. The van der Waals surface area contributed by atoms with Crippen molar-refractivity contribution in [3.8, 4) is 0 Å². The molecular formula is C23H36N2O4. The molecule has 0 aromatic carbocycles. The van der Waals surface area contributed by atoms with E-state index < -0.39 is 23.3 Å². The summed E-state index contributed by atoms with van der Waals surface area (Å²) in [6, 6.07) is 0.933. The van der Waals surface area contributed by atoms with Crippen molar-refractivity contribution in [2.45, 2.75) is 91.6 Å². The standard InChI is InChI=1S/C23H36N2O4/c1-6-7-14-25-18-13-11-9-8-10-12-16(18)15-17(21(25)27)20(26)24-19(22(28)29-5)23(2,3)4/h15,19H,6-14H2,1-5H3,(H,24,26)/t19-/m1/s1. The molecule has 6 nitrogen and oxygen atoms in total. The van der Waals surface area contributed by atoms with E-state index in [9.17, 15) is 14.4 Å². The maximum Gasteiger partial charge on any atom is 0.328 e. The highest BCUT2D eigenvalue weighted by atomic mass is 16.5. The molecule has 0 bridgehead atoms. The van der Waals surface area contributed by atoms with Crippen LogP contribution in [0.3, 0.4) is 0 Å². The normalized spacial score (nSPS) is 15.6. The monoisotopic (exact) mass is 404 g/mol. The van der Waals surface area contributed by atoms with Crippen molar-refractivity contribution in [2.75, 3.05) is 7.11 Å². The molecule has 1 aliphatic carbocycles. The van der Waals surface area contributed by atoms with Crippen molar-refractivity contribution in [3.05, 3.63) is 33.2 Å². The number of amides is 1. The number of esters is 1. The van der Waals surface area contributed by atoms with Crippen molar-refractivity contribution in [1.82, 2.24) is 9.88 Å². The van der Waals surface area contributed by atoms with Crippen LogP contribution in [0.25, 0.3) is 0 Å². The fourth-order valence-corrected chi connectivity index (χ4v) is 3.91. The van der Waals surface area contributed by atoms with Gasteiger partial charge in [-0.2, -0.15) is 0 Å². The van der Waals surface area contributed by atoms with E-state index >= 15 is 0 Å². The average molecular weight is 405 g/mol. The molecule has 6 heteroatoms. The molecule has 0 saturated carbocycles. The first-order valence-corrected chi connectivity index (χ1v) is 10.8.